The summed E-state index contributed by atoms with van der Waals surface area (Å²) < 4.78 is 6.01. The number of amides is 3. The molecule has 0 bridgehead atoms. The quantitative estimate of drug-likeness (QED) is 0.368. The average molecular weight is 521 g/mol. The number of hydrogen-bond acceptors (Lipinski definition) is 5. The smallest absolute Gasteiger partial charge is 0.338 e. The number of nitrogens with one attached hydrogen (secondary N) is 1. The molecule has 3 aromatic rings. The third-order valence-corrected chi connectivity index (χ3v) is 6.11. The molecule has 1 N–H and O–H groups in total. The van der Waals surface area contributed by atoms with Gasteiger partial charge in [-0.3, -0.25) is 19.3 Å². The van der Waals surface area contributed by atoms with E-state index in [-0.39, 0.29) is 16.7 Å². The molecule has 172 valence electrons. The molecular formula is C26H21BrN2O5. The van der Waals surface area contributed by atoms with E-state index in [1.807, 2.05) is 43.3 Å². The molecule has 0 spiro atoms. The highest BCUT2D eigenvalue weighted by Gasteiger charge is 2.39. The first kappa shape index (κ1) is 23.4. The number of imide groups is 1. The van der Waals surface area contributed by atoms with Crippen molar-refractivity contribution in [1.82, 2.24) is 4.90 Å². The number of aryl methyl sites for hydroxylation is 1. The maximum absolute atomic E-state index is 13.0. The number of fused-ring (bicyclic) bond motifs is 1. The topological polar surface area (TPSA) is 92.8 Å². The van der Waals surface area contributed by atoms with Crippen LogP contribution in [0.2, 0.25) is 0 Å². The summed E-state index contributed by atoms with van der Waals surface area (Å²) >= 11 is 3.36. The van der Waals surface area contributed by atoms with E-state index in [1.165, 1.54) is 23.1 Å². The van der Waals surface area contributed by atoms with Crippen molar-refractivity contribution in [2.24, 2.45) is 0 Å². The lowest BCUT2D eigenvalue weighted by atomic mass is 10.1. The molecule has 8 heteroatoms. The Morgan fingerprint density at radius 2 is 1.68 bits per heavy atom. The van der Waals surface area contributed by atoms with E-state index in [0.29, 0.717) is 5.69 Å². The number of nitrogens with zero attached hydrogens (tertiary/aromatic N) is 1. The number of anilines is 1. The molecule has 7 nitrogen and oxygen atoms in total. The van der Waals surface area contributed by atoms with Crippen LogP contribution in [0.25, 0.3) is 0 Å². The first-order valence-electron chi connectivity index (χ1n) is 10.6. The standard InChI is InChI=1S/C26H21BrN2O5/c1-15-12-19(27)9-11-22(15)28-23(30)14-34-26(33)18-8-10-20-21(13-18)25(32)29(24(20)31)16(2)17-6-4-3-5-7-17/h3-13,16H,14H2,1-2H3,(H,28,30)/t16-/m0/s1. The summed E-state index contributed by atoms with van der Waals surface area (Å²) in [7, 11) is 0. The van der Waals surface area contributed by atoms with Gasteiger partial charge >= 0.3 is 5.97 Å². The lowest BCUT2D eigenvalue weighted by Crippen LogP contribution is -2.32. The molecule has 0 aliphatic carbocycles. The summed E-state index contributed by atoms with van der Waals surface area (Å²) in [6.07, 6.45) is 0. The van der Waals surface area contributed by atoms with Crippen LogP contribution in [0.1, 0.15) is 55.2 Å². The molecule has 0 aromatic heterocycles. The van der Waals surface area contributed by atoms with Crippen LogP contribution < -0.4 is 5.32 Å². The molecule has 1 heterocycles. The Kier molecular flexibility index (Phi) is 6.61. The first-order chi connectivity index (χ1) is 16.3. The van der Waals surface area contributed by atoms with Gasteiger partial charge in [0.05, 0.1) is 22.7 Å². The molecule has 34 heavy (non-hydrogen) atoms. The van der Waals surface area contributed by atoms with Gasteiger partial charge in [-0.1, -0.05) is 46.3 Å². The highest BCUT2D eigenvalue weighted by atomic mass is 79.9. The van der Waals surface area contributed by atoms with Gasteiger partial charge in [-0.2, -0.15) is 0 Å². The Hall–Kier alpha value is -3.78. The molecule has 0 saturated heterocycles. The zero-order valence-electron chi connectivity index (χ0n) is 18.5. The van der Waals surface area contributed by atoms with E-state index < -0.39 is 36.3 Å². The fraction of sp³-hybridized carbons (Fsp3) is 0.154. The molecule has 0 saturated carbocycles. The Morgan fingerprint density at radius 3 is 2.38 bits per heavy atom. The van der Waals surface area contributed by atoms with Crippen LogP contribution in [-0.4, -0.2) is 35.2 Å². The summed E-state index contributed by atoms with van der Waals surface area (Å²) in [5, 5.41) is 2.69. The van der Waals surface area contributed by atoms with Gasteiger partial charge in [0.25, 0.3) is 17.7 Å². The molecule has 1 aliphatic heterocycles. The second-order valence-electron chi connectivity index (χ2n) is 7.91. The van der Waals surface area contributed by atoms with Crippen molar-refractivity contribution >= 4 is 45.3 Å². The molecule has 3 aromatic carbocycles. The molecular weight excluding hydrogens is 500 g/mol. The Bertz CT molecular complexity index is 1310. The molecule has 4 rings (SSSR count). The van der Waals surface area contributed by atoms with Gasteiger partial charge in [0.15, 0.2) is 6.61 Å². The number of esters is 1. The highest BCUT2D eigenvalue weighted by Crippen LogP contribution is 2.31. The van der Waals surface area contributed by atoms with Crippen LogP contribution >= 0.6 is 15.9 Å². The zero-order chi connectivity index (χ0) is 24.4. The van der Waals surface area contributed by atoms with Crippen molar-refractivity contribution in [3.63, 3.8) is 0 Å². The van der Waals surface area contributed by atoms with Crippen LogP contribution in [-0.2, 0) is 9.53 Å². The lowest BCUT2D eigenvalue weighted by molar-refractivity contribution is -0.119. The van der Waals surface area contributed by atoms with Gasteiger partial charge in [-0.15, -0.1) is 0 Å². The minimum absolute atomic E-state index is 0.0849. The Balaban J connectivity index is 1.44. The molecule has 1 atom stereocenters. The second-order valence-corrected chi connectivity index (χ2v) is 8.83. The van der Waals surface area contributed by atoms with Gasteiger partial charge in [-0.05, 0) is 61.4 Å². The van der Waals surface area contributed by atoms with Crippen molar-refractivity contribution in [2.75, 3.05) is 11.9 Å². The molecule has 1 aliphatic rings. The second kappa shape index (κ2) is 9.61. The Labute approximate surface area is 204 Å². The average Bonchev–Trinajstić information content (AvgIpc) is 3.08. The fourth-order valence-electron chi connectivity index (χ4n) is 3.79. The number of halogens is 1. The van der Waals surface area contributed by atoms with E-state index in [2.05, 4.69) is 21.2 Å². The van der Waals surface area contributed by atoms with Crippen LogP contribution in [0.15, 0.2) is 71.2 Å². The molecule has 0 radical (unpaired) electrons. The van der Waals surface area contributed by atoms with E-state index >= 15 is 0 Å². The minimum atomic E-state index is -0.764. The van der Waals surface area contributed by atoms with E-state index in [4.69, 9.17) is 4.74 Å². The van der Waals surface area contributed by atoms with E-state index in [1.54, 1.807) is 19.1 Å². The van der Waals surface area contributed by atoms with Crippen molar-refractivity contribution < 1.29 is 23.9 Å². The Morgan fingerprint density at radius 1 is 0.971 bits per heavy atom. The summed E-state index contributed by atoms with van der Waals surface area (Å²) in [6, 6.07) is 18.3. The first-order valence-corrected chi connectivity index (χ1v) is 11.4. The molecule has 0 fully saturated rings. The number of carbonyl (C=O) groups is 4. The number of rotatable bonds is 6. The zero-order valence-corrected chi connectivity index (χ0v) is 20.1. The normalized spacial score (nSPS) is 13.4. The maximum Gasteiger partial charge on any atom is 0.338 e. The summed E-state index contributed by atoms with van der Waals surface area (Å²) in [4.78, 5) is 51.8. The van der Waals surface area contributed by atoms with Gasteiger partial charge in [0.1, 0.15) is 0 Å². The van der Waals surface area contributed by atoms with Crippen molar-refractivity contribution in [3.05, 3.63) is 99.0 Å². The predicted molar refractivity (Wildman–Crippen MR) is 130 cm³/mol. The van der Waals surface area contributed by atoms with Crippen LogP contribution in [0.4, 0.5) is 5.69 Å². The lowest BCUT2D eigenvalue weighted by Gasteiger charge is -2.22. The van der Waals surface area contributed by atoms with E-state index in [0.717, 1.165) is 15.6 Å². The summed E-state index contributed by atoms with van der Waals surface area (Å²) in [5.41, 5.74) is 2.74. The minimum Gasteiger partial charge on any atom is -0.452 e. The van der Waals surface area contributed by atoms with Gasteiger partial charge < -0.3 is 10.1 Å². The maximum atomic E-state index is 13.0. The number of hydrogen-bond donors (Lipinski definition) is 1. The highest BCUT2D eigenvalue weighted by molar-refractivity contribution is 9.10. The van der Waals surface area contributed by atoms with Crippen LogP contribution in [0.5, 0.6) is 0 Å². The number of carbonyl (C=O) groups excluding carboxylic acids is 4. The molecule has 0 unspecified atom stereocenters. The number of ether oxygens (including phenoxy) is 1. The van der Waals surface area contributed by atoms with Gasteiger partial charge in [0.2, 0.25) is 0 Å². The largest absolute Gasteiger partial charge is 0.452 e. The van der Waals surface area contributed by atoms with Crippen LogP contribution in [0.3, 0.4) is 0 Å². The number of benzene rings is 3. The van der Waals surface area contributed by atoms with Gasteiger partial charge in [-0.25, -0.2) is 4.79 Å². The SMILES string of the molecule is Cc1cc(Br)ccc1NC(=O)COC(=O)c1ccc2c(c1)C(=O)N([C@@H](C)c1ccccc1)C2=O. The van der Waals surface area contributed by atoms with Crippen LogP contribution in [0, 0.1) is 6.92 Å². The van der Waals surface area contributed by atoms with Gasteiger partial charge in [0, 0.05) is 10.2 Å². The summed E-state index contributed by atoms with van der Waals surface area (Å²) in [6.45, 7) is 3.13. The monoisotopic (exact) mass is 520 g/mol. The predicted octanol–water partition coefficient (Wildman–Crippen LogP) is 4.91. The third kappa shape index (κ3) is 4.63. The fourth-order valence-corrected chi connectivity index (χ4v) is 4.26. The van der Waals surface area contributed by atoms with Crippen molar-refractivity contribution in [2.45, 2.75) is 19.9 Å². The summed E-state index contributed by atoms with van der Waals surface area (Å²) in [5.74, 6) is -2.15. The third-order valence-electron chi connectivity index (χ3n) is 5.62. The van der Waals surface area contributed by atoms with Crippen molar-refractivity contribution in [3.8, 4) is 0 Å². The van der Waals surface area contributed by atoms with Crippen molar-refractivity contribution in [1.29, 1.82) is 0 Å². The van der Waals surface area contributed by atoms with E-state index in [9.17, 15) is 19.2 Å². The molecule has 3 amide bonds.